The summed E-state index contributed by atoms with van der Waals surface area (Å²) in [5.41, 5.74) is 1.16. The van der Waals surface area contributed by atoms with Crippen molar-refractivity contribution in [3.05, 3.63) is 52.0 Å². The highest BCUT2D eigenvalue weighted by atomic mass is 32.2. The molecule has 0 unspecified atom stereocenters. The molecule has 0 fully saturated rings. The summed E-state index contributed by atoms with van der Waals surface area (Å²) in [6.07, 6.45) is 0.956. The molecule has 1 aromatic heterocycles. The number of thiophene rings is 1. The summed E-state index contributed by atoms with van der Waals surface area (Å²) in [7, 11) is -4.18. The smallest absolute Gasteiger partial charge is 0.244 e. The molecule has 1 aliphatic heterocycles. The molecule has 0 saturated heterocycles. The number of hydrogen-bond acceptors (Lipinski definition) is 5. The van der Waals surface area contributed by atoms with Crippen LogP contribution in [0.3, 0.4) is 0 Å². The molecular formula is C19H22FN3O4S2. The normalized spacial score (nSPS) is 14.9. The predicted molar refractivity (Wildman–Crippen MR) is 107 cm³/mol. The zero-order valence-electron chi connectivity index (χ0n) is 15.9. The topological polar surface area (TPSA) is 95.6 Å². The fraction of sp³-hybridized carbons (Fsp3) is 0.368. The number of halogens is 1. The van der Waals surface area contributed by atoms with Crippen LogP contribution >= 0.6 is 11.3 Å². The van der Waals surface area contributed by atoms with Gasteiger partial charge >= 0.3 is 0 Å². The predicted octanol–water partition coefficient (Wildman–Crippen LogP) is 1.65. The molecule has 0 bridgehead atoms. The molecule has 0 radical (unpaired) electrons. The number of benzene rings is 1. The van der Waals surface area contributed by atoms with Crippen molar-refractivity contribution < 1.29 is 22.4 Å². The maximum atomic E-state index is 13.7. The van der Waals surface area contributed by atoms with Crippen molar-refractivity contribution in [1.82, 2.24) is 14.9 Å². The third-order valence-electron chi connectivity index (χ3n) is 4.65. The molecule has 3 rings (SSSR count). The molecule has 0 aliphatic carbocycles. The van der Waals surface area contributed by atoms with Crippen molar-refractivity contribution in [2.45, 2.75) is 37.2 Å². The van der Waals surface area contributed by atoms with E-state index in [1.54, 1.807) is 16.2 Å². The Balaban J connectivity index is 1.47. The largest absolute Gasteiger partial charge is 0.354 e. The Bertz CT molecular complexity index is 1010. The van der Waals surface area contributed by atoms with E-state index in [9.17, 15) is 22.4 Å². The van der Waals surface area contributed by atoms with Gasteiger partial charge in [-0.15, -0.1) is 11.3 Å². The first-order valence-corrected chi connectivity index (χ1v) is 11.5. The lowest BCUT2D eigenvalue weighted by Gasteiger charge is -2.27. The third kappa shape index (κ3) is 5.20. The zero-order chi connectivity index (χ0) is 21.0. The first kappa shape index (κ1) is 21.4. The highest BCUT2D eigenvalue weighted by Crippen LogP contribution is 2.24. The highest BCUT2D eigenvalue weighted by Gasteiger charge is 2.25. The first-order valence-electron chi connectivity index (χ1n) is 9.15. The van der Waals surface area contributed by atoms with Crippen LogP contribution < -0.4 is 10.0 Å². The SMILES string of the molecule is C[C@H](NS(=O)(=O)c1ccccc1F)C(=O)NCCC(=O)N1CCc2sccc2C1. The Morgan fingerprint density at radius 1 is 1.28 bits per heavy atom. The van der Waals surface area contributed by atoms with Crippen LogP contribution in [0, 0.1) is 5.82 Å². The maximum Gasteiger partial charge on any atom is 0.244 e. The van der Waals surface area contributed by atoms with Crippen LogP contribution in [-0.4, -0.2) is 44.3 Å². The van der Waals surface area contributed by atoms with Crippen molar-refractivity contribution in [3.8, 4) is 0 Å². The molecule has 29 heavy (non-hydrogen) atoms. The van der Waals surface area contributed by atoms with Crippen LogP contribution in [0.1, 0.15) is 23.8 Å². The minimum atomic E-state index is -4.18. The van der Waals surface area contributed by atoms with Gasteiger partial charge in [-0.05, 0) is 42.5 Å². The highest BCUT2D eigenvalue weighted by molar-refractivity contribution is 7.89. The molecule has 2 heterocycles. The Kier molecular flexibility index (Phi) is 6.66. The van der Waals surface area contributed by atoms with E-state index in [0.717, 1.165) is 24.1 Å². The average molecular weight is 440 g/mol. The van der Waals surface area contributed by atoms with Crippen LogP contribution in [0.5, 0.6) is 0 Å². The lowest BCUT2D eigenvalue weighted by molar-refractivity contribution is -0.132. The van der Waals surface area contributed by atoms with E-state index in [2.05, 4.69) is 10.0 Å². The summed E-state index contributed by atoms with van der Waals surface area (Å²) >= 11 is 1.69. The second-order valence-electron chi connectivity index (χ2n) is 6.75. The van der Waals surface area contributed by atoms with Crippen LogP contribution in [-0.2, 0) is 32.6 Å². The molecule has 10 heteroatoms. The molecule has 7 nitrogen and oxygen atoms in total. The van der Waals surface area contributed by atoms with Gasteiger partial charge in [0.25, 0.3) is 0 Å². The van der Waals surface area contributed by atoms with Crippen LogP contribution in [0.2, 0.25) is 0 Å². The lowest BCUT2D eigenvalue weighted by Crippen LogP contribution is -2.46. The van der Waals surface area contributed by atoms with E-state index in [0.29, 0.717) is 13.1 Å². The maximum absolute atomic E-state index is 13.7. The Hall–Kier alpha value is -2.30. The number of nitrogens with one attached hydrogen (secondary N) is 2. The minimum absolute atomic E-state index is 0.0678. The number of sulfonamides is 1. The van der Waals surface area contributed by atoms with E-state index >= 15 is 0 Å². The lowest BCUT2D eigenvalue weighted by atomic mass is 10.1. The van der Waals surface area contributed by atoms with Crippen molar-refractivity contribution in [3.63, 3.8) is 0 Å². The molecule has 0 spiro atoms. The summed E-state index contributed by atoms with van der Waals surface area (Å²) in [6, 6.07) is 5.84. The number of nitrogens with zero attached hydrogens (tertiary/aromatic N) is 1. The van der Waals surface area contributed by atoms with Gasteiger partial charge in [-0.3, -0.25) is 9.59 Å². The van der Waals surface area contributed by atoms with Gasteiger partial charge < -0.3 is 10.2 Å². The second kappa shape index (κ2) is 9.02. The van der Waals surface area contributed by atoms with Crippen molar-refractivity contribution in [2.24, 2.45) is 0 Å². The van der Waals surface area contributed by atoms with Crippen molar-refractivity contribution in [2.75, 3.05) is 13.1 Å². The van der Waals surface area contributed by atoms with Gasteiger partial charge in [-0.2, -0.15) is 4.72 Å². The number of amides is 2. The molecule has 1 aliphatic rings. The Labute approximate surface area is 173 Å². The monoisotopic (exact) mass is 439 g/mol. The van der Waals surface area contributed by atoms with Crippen LogP contribution in [0.4, 0.5) is 4.39 Å². The number of carbonyl (C=O) groups excluding carboxylic acids is 2. The Morgan fingerprint density at radius 2 is 2.03 bits per heavy atom. The molecule has 1 aromatic carbocycles. The first-order chi connectivity index (χ1) is 13.8. The quantitative estimate of drug-likeness (QED) is 0.686. The van der Waals surface area contributed by atoms with E-state index in [-0.39, 0.29) is 18.9 Å². The summed E-state index contributed by atoms with van der Waals surface area (Å²) < 4.78 is 40.4. The van der Waals surface area contributed by atoms with Gasteiger partial charge in [-0.25, -0.2) is 12.8 Å². The van der Waals surface area contributed by atoms with Gasteiger partial charge in [0.05, 0.1) is 6.04 Å². The summed E-state index contributed by atoms with van der Waals surface area (Å²) in [6.45, 7) is 2.68. The minimum Gasteiger partial charge on any atom is -0.354 e. The van der Waals surface area contributed by atoms with Crippen LogP contribution in [0.15, 0.2) is 40.6 Å². The summed E-state index contributed by atoms with van der Waals surface area (Å²) in [5.74, 6) is -1.55. The molecular weight excluding hydrogens is 417 g/mol. The van der Waals surface area contributed by atoms with E-state index in [1.807, 2.05) is 11.4 Å². The molecule has 2 N–H and O–H groups in total. The fourth-order valence-corrected chi connectivity index (χ4v) is 5.25. The van der Waals surface area contributed by atoms with Gasteiger partial charge in [0, 0.05) is 30.9 Å². The van der Waals surface area contributed by atoms with E-state index in [4.69, 9.17) is 0 Å². The Morgan fingerprint density at radius 3 is 2.79 bits per heavy atom. The molecule has 156 valence electrons. The second-order valence-corrected chi connectivity index (χ2v) is 9.43. The number of rotatable bonds is 7. The third-order valence-corrected chi connectivity index (χ3v) is 7.25. The van der Waals surface area contributed by atoms with Crippen LogP contribution in [0.25, 0.3) is 0 Å². The standard InChI is InChI=1S/C19H22FN3O4S2/c1-13(22-29(26,27)17-5-3-2-4-15(17)20)19(25)21-9-6-18(24)23-10-7-16-14(12-23)8-11-28-16/h2-5,8,11,13,22H,6-7,9-10,12H2,1H3,(H,21,25)/t13-/m0/s1. The fourth-order valence-electron chi connectivity index (χ4n) is 3.08. The summed E-state index contributed by atoms with van der Waals surface area (Å²) in [5, 5.41) is 4.57. The average Bonchev–Trinajstić information content (AvgIpc) is 3.15. The van der Waals surface area contributed by atoms with Gasteiger partial charge in [0.1, 0.15) is 10.7 Å². The van der Waals surface area contributed by atoms with Crippen molar-refractivity contribution in [1.29, 1.82) is 0 Å². The summed E-state index contributed by atoms with van der Waals surface area (Å²) in [4.78, 5) is 27.1. The van der Waals surface area contributed by atoms with E-state index < -0.39 is 32.7 Å². The van der Waals surface area contributed by atoms with Crippen molar-refractivity contribution >= 4 is 33.2 Å². The number of carbonyl (C=O) groups is 2. The van der Waals surface area contributed by atoms with Gasteiger partial charge in [0.2, 0.25) is 21.8 Å². The zero-order valence-corrected chi connectivity index (χ0v) is 17.5. The molecule has 2 amide bonds. The van der Waals surface area contributed by atoms with Gasteiger partial charge in [0.15, 0.2) is 0 Å². The van der Waals surface area contributed by atoms with Gasteiger partial charge in [-0.1, -0.05) is 12.1 Å². The molecule has 2 aromatic rings. The van der Waals surface area contributed by atoms with E-state index in [1.165, 1.54) is 23.9 Å². The molecule has 0 saturated carbocycles. The molecule has 1 atom stereocenters. The number of hydrogen-bond donors (Lipinski definition) is 2. The number of fused-ring (bicyclic) bond motifs is 1.